The van der Waals surface area contributed by atoms with Gasteiger partial charge in [-0.3, -0.25) is 5.41 Å². The normalized spacial score (nSPS) is 9.95. The summed E-state index contributed by atoms with van der Waals surface area (Å²) in [5, 5.41) is 7.54. The fourth-order valence-electron chi connectivity index (χ4n) is 1.71. The Kier molecular flexibility index (Phi) is 4.03. The number of amidine groups is 1. The summed E-state index contributed by atoms with van der Waals surface area (Å²) in [6.45, 7) is 0.425. The van der Waals surface area contributed by atoms with Crippen molar-refractivity contribution in [1.29, 1.82) is 5.41 Å². The molecule has 0 saturated heterocycles. The van der Waals surface area contributed by atoms with Gasteiger partial charge in [0, 0.05) is 6.07 Å². The lowest BCUT2D eigenvalue weighted by Crippen LogP contribution is -2.13. The third-order valence-electron chi connectivity index (χ3n) is 2.72. The van der Waals surface area contributed by atoms with Gasteiger partial charge in [-0.2, -0.15) is 0 Å². The van der Waals surface area contributed by atoms with Crippen LogP contribution in [0, 0.1) is 5.41 Å². The maximum Gasteiger partial charge on any atom is 0.134 e. The summed E-state index contributed by atoms with van der Waals surface area (Å²) < 4.78 is 10.9. The molecule has 2 rings (SSSR count). The molecule has 4 nitrogen and oxygen atoms in total. The number of methoxy groups -OCH3 is 1. The van der Waals surface area contributed by atoms with Crippen LogP contribution in [0.5, 0.6) is 11.5 Å². The molecule has 2 aromatic carbocycles. The van der Waals surface area contributed by atoms with E-state index in [9.17, 15) is 0 Å². The van der Waals surface area contributed by atoms with Crippen LogP contribution in [0.1, 0.15) is 11.1 Å². The lowest BCUT2D eigenvalue weighted by molar-refractivity contribution is 0.303. The number of rotatable bonds is 5. The van der Waals surface area contributed by atoms with Crippen molar-refractivity contribution in [3.63, 3.8) is 0 Å². The number of ether oxygens (including phenoxy) is 2. The summed E-state index contributed by atoms with van der Waals surface area (Å²) in [6, 6.07) is 15.0. The molecule has 0 aliphatic rings. The highest BCUT2D eigenvalue weighted by atomic mass is 16.5. The summed E-state index contributed by atoms with van der Waals surface area (Å²) in [5.74, 6) is 1.20. The van der Waals surface area contributed by atoms with Crippen LogP contribution in [-0.2, 0) is 6.61 Å². The molecule has 0 unspecified atom stereocenters. The average molecular weight is 256 g/mol. The molecule has 0 aliphatic heterocycles. The number of benzene rings is 2. The summed E-state index contributed by atoms with van der Waals surface area (Å²) in [4.78, 5) is 0. The summed E-state index contributed by atoms with van der Waals surface area (Å²) >= 11 is 0. The number of nitrogen functional groups attached to an aromatic ring is 1. The Morgan fingerprint density at radius 1 is 1.16 bits per heavy atom. The zero-order valence-electron chi connectivity index (χ0n) is 10.7. The first-order valence-corrected chi connectivity index (χ1v) is 5.90. The quantitative estimate of drug-likeness (QED) is 0.638. The van der Waals surface area contributed by atoms with Gasteiger partial charge in [0.1, 0.15) is 23.9 Å². The van der Waals surface area contributed by atoms with Gasteiger partial charge in [0.2, 0.25) is 0 Å². The van der Waals surface area contributed by atoms with Gasteiger partial charge in [-0.1, -0.05) is 30.3 Å². The molecule has 0 aliphatic carbocycles. The minimum atomic E-state index is -0.0225. The van der Waals surface area contributed by atoms with Crippen LogP contribution in [0.4, 0.5) is 0 Å². The van der Waals surface area contributed by atoms with Crippen LogP contribution in [-0.4, -0.2) is 12.9 Å². The van der Waals surface area contributed by atoms with E-state index in [4.69, 9.17) is 20.6 Å². The second kappa shape index (κ2) is 5.91. The fourth-order valence-corrected chi connectivity index (χ4v) is 1.71. The van der Waals surface area contributed by atoms with E-state index in [2.05, 4.69) is 0 Å². The SMILES string of the molecule is COc1ccc(C(=N)N)c(OCc2ccccc2)c1. The first-order chi connectivity index (χ1) is 9.20. The Morgan fingerprint density at radius 2 is 1.89 bits per heavy atom. The van der Waals surface area contributed by atoms with E-state index < -0.39 is 0 Å². The standard InChI is InChI=1S/C15H16N2O2/c1-18-12-7-8-13(15(16)17)14(9-12)19-10-11-5-3-2-4-6-11/h2-9H,10H2,1H3,(H3,16,17). The topological polar surface area (TPSA) is 68.3 Å². The first kappa shape index (κ1) is 13.0. The van der Waals surface area contributed by atoms with Crippen molar-refractivity contribution in [2.45, 2.75) is 6.61 Å². The zero-order valence-corrected chi connectivity index (χ0v) is 10.7. The predicted octanol–water partition coefficient (Wildman–Crippen LogP) is 2.56. The van der Waals surface area contributed by atoms with E-state index >= 15 is 0 Å². The Labute approximate surface area is 112 Å². The van der Waals surface area contributed by atoms with Crippen LogP contribution in [0.15, 0.2) is 48.5 Å². The molecular formula is C15H16N2O2. The van der Waals surface area contributed by atoms with Crippen molar-refractivity contribution >= 4 is 5.84 Å². The molecule has 0 aromatic heterocycles. The second-order valence-electron chi connectivity index (χ2n) is 4.05. The molecule has 0 spiro atoms. The van der Waals surface area contributed by atoms with Gasteiger partial charge in [0.25, 0.3) is 0 Å². The van der Waals surface area contributed by atoms with E-state index in [0.29, 0.717) is 23.7 Å². The van der Waals surface area contributed by atoms with Crippen molar-refractivity contribution in [2.75, 3.05) is 7.11 Å². The molecule has 4 heteroatoms. The molecule has 0 saturated carbocycles. The monoisotopic (exact) mass is 256 g/mol. The van der Waals surface area contributed by atoms with Gasteiger partial charge < -0.3 is 15.2 Å². The smallest absolute Gasteiger partial charge is 0.134 e. The molecule has 0 fully saturated rings. The minimum Gasteiger partial charge on any atom is -0.497 e. The van der Waals surface area contributed by atoms with E-state index in [-0.39, 0.29) is 5.84 Å². The molecule has 0 atom stereocenters. The highest BCUT2D eigenvalue weighted by molar-refractivity contribution is 5.97. The Morgan fingerprint density at radius 3 is 2.53 bits per heavy atom. The molecular weight excluding hydrogens is 240 g/mol. The highest BCUT2D eigenvalue weighted by Gasteiger charge is 2.08. The molecule has 0 amide bonds. The predicted molar refractivity (Wildman–Crippen MR) is 74.8 cm³/mol. The minimum absolute atomic E-state index is 0.0225. The number of nitrogens with one attached hydrogen (secondary N) is 1. The van der Waals surface area contributed by atoms with Crippen LogP contribution in [0.25, 0.3) is 0 Å². The maximum absolute atomic E-state index is 7.54. The van der Waals surface area contributed by atoms with Gasteiger partial charge >= 0.3 is 0 Å². The summed E-state index contributed by atoms with van der Waals surface area (Å²) in [5.41, 5.74) is 7.16. The molecule has 3 N–H and O–H groups in total. The van der Waals surface area contributed by atoms with Gasteiger partial charge in [-0.25, -0.2) is 0 Å². The van der Waals surface area contributed by atoms with Crippen LogP contribution in [0.3, 0.4) is 0 Å². The Hall–Kier alpha value is -2.49. The van der Waals surface area contributed by atoms with Crippen LogP contribution in [0.2, 0.25) is 0 Å². The van der Waals surface area contributed by atoms with Gasteiger partial charge in [0.05, 0.1) is 12.7 Å². The lowest BCUT2D eigenvalue weighted by Gasteiger charge is -2.12. The zero-order chi connectivity index (χ0) is 13.7. The molecule has 98 valence electrons. The van der Waals surface area contributed by atoms with Gasteiger partial charge in [-0.15, -0.1) is 0 Å². The average Bonchev–Trinajstić information content (AvgIpc) is 2.45. The molecule has 19 heavy (non-hydrogen) atoms. The fraction of sp³-hybridized carbons (Fsp3) is 0.133. The molecule has 0 heterocycles. The second-order valence-corrected chi connectivity index (χ2v) is 4.05. The van der Waals surface area contributed by atoms with Crippen LogP contribution < -0.4 is 15.2 Å². The van der Waals surface area contributed by atoms with Crippen molar-refractivity contribution in [2.24, 2.45) is 5.73 Å². The van der Waals surface area contributed by atoms with E-state index in [1.807, 2.05) is 30.3 Å². The van der Waals surface area contributed by atoms with E-state index in [0.717, 1.165) is 5.56 Å². The third kappa shape index (κ3) is 3.25. The Bertz CT molecular complexity index is 568. The number of hydrogen-bond donors (Lipinski definition) is 2. The molecule has 0 radical (unpaired) electrons. The van der Waals surface area contributed by atoms with Crippen LogP contribution >= 0.6 is 0 Å². The third-order valence-corrected chi connectivity index (χ3v) is 2.72. The van der Waals surface area contributed by atoms with Crippen molar-refractivity contribution in [3.8, 4) is 11.5 Å². The maximum atomic E-state index is 7.54. The number of nitrogens with two attached hydrogens (primary N) is 1. The van der Waals surface area contributed by atoms with Gasteiger partial charge in [-0.05, 0) is 17.7 Å². The first-order valence-electron chi connectivity index (χ1n) is 5.90. The van der Waals surface area contributed by atoms with Crippen molar-refractivity contribution in [3.05, 3.63) is 59.7 Å². The van der Waals surface area contributed by atoms with E-state index in [1.165, 1.54) is 0 Å². The number of hydrogen-bond acceptors (Lipinski definition) is 3. The highest BCUT2D eigenvalue weighted by Crippen LogP contribution is 2.25. The summed E-state index contributed by atoms with van der Waals surface area (Å²) in [6.07, 6.45) is 0. The van der Waals surface area contributed by atoms with Crippen molar-refractivity contribution in [1.82, 2.24) is 0 Å². The molecule has 2 aromatic rings. The largest absolute Gasteiger partial charge is 0.497 e. The van der Waals surface area contributed by atoms with E-state index in [1.54, 1.807) is 25.3 Å². The van der Waals surface area contributed by atoms with Crippen molar-refractivity contribution < 1.29 is 9.47 Å². The molecule has 0 bridgehead atoms. The Balaban J connectivity index is 2.20. The van der Waals surface area contributed by atoms with Gasteiger partial charge in [0.15, 0.2) is 0 Å². The lowest BCUT2D eigenvalue weighted by atomic mass is 10.1. The summed E-state index contributed by atoms with van der Waals surface area (Å²) in [7, 11) is 1.59.